The summed E-state index contributed by atoms with van der Waals surface area (Å²) in [6, 6.07) is 0. The van der Waals surface area contributed by atoms with Gasteiger partial charge >= 0.3 is 18.9 Å². The minimum Gasteiger partial charge on any atom is -0.597 e. The zero-order valence-corrected chi connectivity index (χ0v) is 28.4. The summed E-state index contributed by atoms with van der Waals surface area (Å²) in [5.41, 5.74) is -0.519. The molecule has 1 aliphatic heterocycles. The van der Waals surface area contributed by atoms with Gasteiger partial charge < -0.3 is 14.9 Å². The molecule has 0 saturated carbocycles. The molecule has 1 rings (SSSR count). The van der Waals surface area contributed by atoms with Gasteiger partial charge in [0.05, 0.1) is 28.2 Å². The first kappa shape index (κ1) is 36.8. The van der Waals surface area contributed by atoms with E-state index < -0.39 is 13.0 Å². The number of nitrogens with zero attached hydrogens (tertiary/aromatic N) is 3. The van der Waals surface area contributed by atoms with Crippen LogP contribution in [-0.2, 0) is 23.6 Å². The molecule has 1 aliphatic rings. The van der Waals surface area contributed by atoms with Gasteiger partial charge in [-0.05, 0) is 80.6 Å². The Kier molecular flexibility index (Phi) is 13.9. The second kappa shape index (κ2) is 12.5. The molecule has 33 heavy (non-hydrogen) atoms. The fraction of sp³-hybridized carbons (Fsp3) is 1.00. The van der Waals surface area contributed by atoms with Crippen molar-refractivity contribution < 1.29 is 28.7 Å². The van der Waals surface area contributed by atoms with Crippen LogP contribution in [-0.4, -0.2) is 72.3 Å². The van der Waals surface area contributed by atoms with E-state index in [1.54, 1.807) is 0 Å². The van der Waals surface area contributed by atoms with Gasteiger partial charge in [0.1, 0.15) is 13.1 Å². The summed E-state index contributed by atoms with van der Waals surface area (Å²) in [5, 5.41) is 8.93. The molecule has 1 fully saturated rings. The Balaban J connectivity index is 0. The second-order valence-electron chi connectivity index (χ2n) is 13.5. The van der Waals surface area contributed by atoms with Crippen LogP contribution < -0.4 is 33.7 Å². The largest absolute Gasteiger partial charge is 1.00 e. The number of quaternary nitrogens is 2. The van der Waals surface area contributed by atoms with Crippen molar-refractivity contribution in [3.63, 3.8) is 0 Å². The van der Waals surface area contributed by atoms with Crippen molar-refractivity contribution in [1.29, 1.82) is 0 Å². The molecule has 0 radical (unpaired) electrons. The minimum atomic E-state index is -2.28. The van der Waals surface area contributed by atoms with Gasteiger partial charge in [-0.25, -0.2) is 8.88 Å². The maximum Gasteiger partial charge on any atom is 1.00 e. The van der Waals surface area contributed by atoms with Crippen molar-refractivity contribution in [2.45, 2.75) is 105 Å². The van der Waals surface area contributed by atoms with Gasteiger partial charge in [-0.1, -0.05) is 32.6 Å². The van der Waals surface area contributed by atoms with E-state index in [-0.39, 0.29) is 41.0 Å². The minimum absolute atomic E-state index is 0. The Bertz CT molecular complexity index is 628. The molecular formula is C22H55LiN6P2S2+2. The fourth-order valence-corrected chi connectivity index (χ4v) is 21.6. The summed E-state index contributed by atoms with van der Waals surface area (Å²) < 4.78 is 4.78. The van der Waals surface area contributed by atoms with E-state index in [2.05, 4.69) is 125 Å². The summed E-state index contributed by atoms with van der Waals surface area (Å²) in [5.74, 6) is 0. The summed E-state index contributed by atoms with van der Waals surface area (Å²) in [6.07, 6.45) is 0. The Morgan fingerprint density at radius 2 is 1.00 bits per heavy atom. The van der Waals surface area contributed by atoms with E-state index in [0.29, 0.717) is 0 Å². The van der Waals surface area contributed by atoms with Gasteiger partial charge in [0.2, 0.25) is 0 Å². The number of nitrogens with one attached hydrogen (secondary N) is 3. The first-order valence-electron chi connectivity index (χ1n) is 11.7. The summed E-state index contributed by atoms with van der Waals surface area (Å²) >= 11 is 12.6. The summed E-state index contributed by atoms with van der Waals surface area (Å²) in [4.78, 5) is 3.07. The monoisotopic (exact) mass is 536 g/mol. The average molecular weight is 537 g/mol. The molecule has 0 aromatic rings. The first-order chi connectivity index (χ1) is 13.8. The SMILES string of the molecule is CC(C)(C)[N-]P1(=S)N(C(C)(C)C)P(=S)(NC(C)(C)C)N1C(C)(C)C.C[NH+](C)CC[NH+](C)C.[Li+]. The molecule has 1 saturated heterocycles. The molecule has 1 heterocycles. The molecule has 3 N–H and O–H groups in total. The molecule has 0 amide bonds. The topological polar surface area (TPSA) is 41.5 Å². The van der Waals surface area contributed by atoms with Crippen molar-refractivity contribution in [3.05, 3.63) is 5.09 Å². The van der Waals surface area contributed by atoms with Crippen molar-refractivity contribution in [2.24, 2.45) is 0 Å². The third-order valence-electron chi connectivity index (χ3n) is 4.24. The molecule has 6 nitrogen and oxygen atoms in total. The average Bonchev–Trinajstić information content (AvgIpc) is 2.36. The quantitative estimate of drug-likeness (QED) is 0.353. The van der Waals surface area contributed by atoms with Crippen LogP contribution in [0, 0.1) is 0 Å². The molecule has 0 bridgehead atoms. The Hall–Kier alpha value is 1.66. The predicted octanol–water partition coefficient (Wildman–Crippen LogP) is 0.490. The zero-order valence-electron chi connectivity index (χ0n) is 25.0. The summed E-state index contributed by atoms with van der Waals surface area (Å²) in [6.45, 7) is 24.2. The van der Waals surface area contributed by atoms with E-state index in [1.165, 1.54) is 22.9 Å². The number of likely N-dealkylation sites (N-methyl/N-ethyl adjacent to an activating group) is 2. The van der Waals surface area contributed by atoms with E-state index in [0.717, 1.165) is 0 Å². The van der Waals surface area contributed by atoms with Gasteiger partial charge in [-0.2, -0.15) is 0 Å². The Labute approximate surface area is 229 Å². The Morgan fingerprint density at radius 3 is 1.18 bits per heavy atom. The van der Waals surface area contributed by atoms with Crippen LogP contribution in [0.2, 0.25) is 0 Å². The smallest absolute Gasteiger partial charge is 0.597 e. The maximum atomic E-state index is 6.31. The first-order valence-corrected chi connectivity index (χ1v) is 17.1. The van der Waals surface area contributed by atoms with Gasteiger partial charge in [0.15, 0.2) is 6.49 Å². The fourth-order valence-electron chi connectivity index (χ4n) is 3.55. The summed E-state index contributed by atoms with van der Waals surface area (Å²) in [7, 11) is 8.73. The van der Waals surface area contributed by atoms with Gasteiger partial charge in [0.25, 0.3) is 0 Å². The van der Waals surface area contributed by atoms with Gasteiger partial charge in [-0.15, -0.1) is 5.54 Å². The third kappa shape index (κ3) is 11.3. The van der Waals surface area contributed by atoms with Crippen LogP contribution in [0.1, 0.15) is 83.1 Å². The van der Waals surface area contributed by atoms with Crippen molar-refractivity contribution in [3.8, 4) is 0 Å². The molecule has 0 unspecified atom stereocenters. The van der Waals surface area contributed by atoms with Gasteiger partial charge in [0, 0.05) is 16.6 Å². The molecule has 194 valence electrons. The van der Waals surface area contributed by atoms with Crippen LogP contribution in [0.25, 0.3) is 5.09 Å². The number of hydrogen-bond acceptors (Lipinski definition) is 2. The predicted molar refractivity (Wildman–Crippen MR) is 153 cm³/mol. The van der Waals surface area contributed by atoms with E-state index in [1.807, 2.05) is 0 Å². The van der Waals surface area contributed by atoms with E-state index in [9.17, 15) is 0 Å². The molecule has 11 heteroatoms. The van der Waals surface area contributed by atoms with Crippen LogP contribution in [0.4, 0.5) is 0 Å². The van der Waals surface area contributed by atoms with Crippen LogP contribution >= 0.6 is 13.0 Å². The molecule has 0 atom stereocenters. The molecule has 0 aliphatic carbocycles. The van der Waals surface area contributed by atoms with Crippen LogP contribution in [0.5, 0.6) is 0 Å². The molecule has 0 spiro atoms. The number of hydrogen-bond donors (Lipinski definition) is 3. The van der Waals surface area contributed by atoms with Crippen LogP contribution in [0.15, 0.2) is 0 Å². The number of rotatable bonds is 5. The van der Waals surface area contributed by atoms with Crippen LogP contribution in [0.3, 0.4) is 0 Å². The second-order valence-corrected chi connectivity index (χ2v) is 21.3. The van der Waals surface area contributed by atoms with Crippen molar-refractivity contribution >= 4 is 36.6 Å². The normalized spacial score (nSPS) is 25.4. The van der Waals surface area contributed by atoms with Gasteiger partial charge in [-0.3, -0.25) is 5.09 Å². The van der Waals surface area contributed by atoms with Crippen molar-refractivity contribution in [2.75, 3.05) is 41.3 Å². The van der Waals surface area contributed by atoms with E-state index in [4.69, 9.17) is 28.7 Å². The third-order valence-corrected chi connectivity index (χ3v) is 17.5. The molecule has 0 aromatic heterocycles. The van der Waals surface area contributed by atoms with E-state index >= 15 is 0 Å². The molecule has 0 aromatic carbocycles. The standard InChI is InChI=1S/C16H37N4P2S2.C6H16N2.Li/c1-13(2,3)17-21(23)19(15(7,8)9)22(24,18-14(4,5)6)20(21)16(10,11)12;1-7(2)5-6-8(3)4;/h1-12H3,(H-,17,18,23,24);5-6H2,1-4H3;/q-1;;+1/p+2. The Morgan fingerprint density at radius 1 is 0.697 bits per heavy atom. The maximum absolute atomic E-state index is 6.31. The molecular weight excluding hydrogens is 481 g/mol. The zero-order chi connectivity index (χ0) is 26.1. The van der Waals surface area contributed by atoms with Crippen molar-refractivity contribution in [1.82, 2.24) is 14.0 Å².